The van der Waals surface area contributed by atoms with Crippen LogP contribution in [0.2, 0.25) is 0 Å². The smallest absolute Gasteiger partial charge is 0.325 e. The Kier molecular flexibility index (Phi) is 4.70. The van der Waals surface area contributed by atoms with Crippen molar-refractivity contribution in [2.24, 2.45) is 5.73 Å². The first-order valence-corrected chi connectivity index (χ1v) is 5.49. The molecule has 0 radical (unpaired) electrons. The molecule has 0 aliphatic rings. The van der Waals surface area contributed by atoms with Crippen molar-refractivity contribution in [1.29, 1.82) is 0 Å². The number of aliphatic carboxylic acids is 1. The Labute approximate surface area is 95.6 Å². The Morgan fingerprint density at radius 2 is 2.06 bits per heavy atom. The lowest BCUT2D eigenvalue weighted by Crippen LogP contribution is -2.21. The topological polar surface area (TPSA) is 63.3 Å². The van der Waals surface area contributed by atoms with Crippen LogP contribution in [0.3, 0.4) is 0 Å². The highest BCUT2D eigenvalue weighted by Crippen LogP contribution is 2.27. The van der Waals surface area contributed by atoms with E-state index < -0.39 is 18.4 Å². The first-order chi connectivity index (χ1) is 7.52. The van der Waals surface area contributed by atoms with Crippen LogP contribution in [0, 0.1) is 0 Å². The lowest BCUT2D eigenvalue weighted by Gasteiger charge is -2.12. The number of benzene rings is 1. The minimum atomic E-state index is -2.43. The van der Waals surface area contributed by atoms with E-state index in [1.54, 1.807) is 18.2 Å². The molecule has 0 aromatic heterocycles. The van der Waals surface area contributed by atoms with Gasteiger partial charge in [0.1, 0.15) is 6.04 Å². The van der Waals surface area contributed by atoms with E-state index in [2.05, 4.69) is 0 Å². The van der Waals surface area contributed by atoms with Gasteiger partial charge in [0.25, 0.3) is 0 Å². The van der Waals surface area contributed by atoms with E-state index in [4.69, 9.17) is 10.8 Å². The number of thioether (sulfide) groups is 1. The Morgan fingerprint density at radius 3 is 2.62 bits per heavy atom. The molecule has 0 aliphatic heterocycles. The highest BCUT2D eigenvalue weighted by atomic mass is 32.2. The van der Waals surface area contributed by atoms with Crippen LogP contribution >= 0.6 is 11.8 Å². The number of rotatable bonds is 5. The molecule has 1 rings (SSSR count). The summed E-state index contributed by atoms with van der Waals surface area (Å²) in [6.45, 7) is 0. The van der Waals surface area contributed by atoms with Crippen LogP contribution in [0.25, 0.3) is 0 Å². The van der Waals surface area contributed by atoms with Crippen molar-refractivity contribution in [3.05, 3.63) is 29.8 Å². The largest absolute Gasteiger partial charge is 0.480 e. The molecule has 1 aromatic carbocycles. The van der Waals surface area contributed by atoms with Crippen molar-refractivity contribution in [1.82, 2.24) is 0 Å². The van der Waals surface area contributed by atoms with Gasteiger partial charge in [0.15, 0.2) is 0 Å². The molecular weight excluding hydrogens is 236 g/mol. The van der Waals surface area contributed by atoms with E-state index in [9.17, 15) is 13.6 Å². The molecule has 0 saturated heterocycles. The van der Waals surface area contributed by atoms with Crippen molar-refractivity contribution in [2.75, 3.05) is 5.75 Å². The zero-order chi connectivity index (χ0) is 12.1. The molecule has 88 valence electrons. The van der Waals surface area contributed by atoms with Crippen molar-refractivity contribution in [3.8, 4) is 0 Å². The van der Waals surface area contributed by atoms with Crippen LogP contribution in [-0.4, -0.2) is 23.3 Å². The van der Waals surface area contributed by atoms with E-state index in [0.29, 0.717) is 10.5 Å². The average molecular weight is 247 g/mol. The van der Waals surface area contributed by atoms with Crippen molar-refractivity contribution < 1.29 is 18.7 Å². The number of carbonyl (C=O) groups is 1. The molecule has 16 heavy (non-hydrogen) atoms. The Morgan fingerprint density at radius 1 is 1.44 bits per heavy atom. The van der Waals surface area contributed by atoms with E-state index in [1.165, 1.54) is 6.07 Å². The monoisotopic (exact) mass is 247 g/mol. The van der Waals surface area contributed by atoms with Crippen LogP contribution in [0.5, 0.6) is 0 Å². The minimum Gasteiger partial charge on any atom is -0.480 e. The minimum absolute atomic E-state index is 0.362. The van der Waals surface area contributed by atoms with Gasteiger partial charge >= 0.3 is 5.97 Å². The fraction of sp³-hybridized carbons (Fsp3) is 0.300. The van der Waals surface area contributed by atoms with E-state index in [0.717, 1.165) is 11.8 Å². The van der Waals surface area contributed by atoms with E-state index in [-0.39, 0.29) is 5.75 Å². The average Bonchev–Trinajstić information content (AvgIpc) is 2.25. The van der Waals surface area contributed by atoms with Crippen LogP contribution in [0.4, 0.5) is 8.78 Å². The molecule has 1 aromatic rings. The second-order valence-electron chi connectivity index (χ2n) is 3.06. The van der Waals surface area contributed by atoms with Crippen LogP contribution < -0.4 is 5.73 Å². The van der Waals surface area contributed by atoms with Crippen molar-refractivity contribution in [2.45, 2.75) is 17.4 Å². The first kappa shape index (κ1) is 12.9. The van der Waals surface area contributed by atoms with E-state index in [1.807, 2.05) is 0 Å². The Bertz CT molecular complexity index is 374. The molecule has 0 saturated carbocycles. The predicted octanol–water partition coefficient (Wildman–Crippen LogP) is 2.13. The van der Waals surface area contributed by atoms with Gasteiger partial charge in [-0.05, 0) is 11.6 Å². The number of halogens is 2. The SMILES string of the molecule is NC(C(=O)O)c1ccccc1SCC(F)F. The maximum Gasteiger partial charge on any atom is 0.325 e. The third-order valence-corrected chi connectivity index (χ3v) is 2.99. The number of carboxylic acid groups (broad SMARTS) is 1. The lowest BCUT2D eigenvalue weighted by atomic mass is 10.1. The van der Waals surface area contributed by atoms with Gasteiger partial charge in [-0.15, -0.1) is 11.8 Å². The summed E-state index contributed by atoms with van der Waals surface area (Å²) in [6.07, 6.45) is -2.43. The van der Waals surface area contributed by atoms with Crippen LogP contribution in [-0.2, 0) is 4.79 Å². The van der Waals surface area contributed by atoms with Gasteiger partial charge in [0, 0.05) is 4.90 Å². The Hall–Kier alpha value is -1.14. The number of nitrogens with two attached hydrogens (primary N) is 1. The molecule has 3 nitrogen and oxygen atoms in total. The highest BCUT2D eigenvalue weighted by molar-refractivity contribution is 7.99. The Balaban J connectivity index is 2.87. The van der Waals surface area contributed by atoms with Gasteiger partial charge < -0.3 is 10.8 Å². The van der Waals surface area contributed by atoms with Gasteiger partial charge in [-0.25, -0.2) is 8.78 Å². The van der Waals surface area contributed by atoms with Crippen molar-refractivity contribution >= 4 is 17.7 Å². The third-order valence-electron chi connectivity index (χ3n) is 1.88. The molecule has 0 spiro atoms. The molecule has 0 bridgehead atoms. The molecule has 1 unspecified atom stereocenters. The number of hydrogen-bond donors (Lipinski definition) is 2. The summed E-state index contributed by atoms with van der Waals surface area (Å²) >= 11 is 0.908. The van der Waals surface area contributed by atoms with Crippen LogP contribution in [0.1, 0.15) is 11.6 Å². The second-order valence-corrected chi connectivity index (χ2v) is 4.12. The van der Waals surface area contributed by atoms with Gasteiger partial charge in [-0.3, -0.25) is 4.79 Å². The summed E-state index contributed by atoms with van der Waals surface area (Å²) < 4.78 is 24.1. The number of hydrogen-bond acceptors (Lipinski definition) is 3. The molecule has 1 atom stereocenters. The molecule has 0 heterocycles. The predicted molar refractivity (Wildman–Crippen MR) is 57.7 cm³/mol. The van der Waals surface area contributed by atoms with E-state index >= 15 is 0 Å². The number of alkyl halides is 2. The standard InChI is InChI=1S/C10H11F2NO2S/c11-8(12)5-16-7-4-2-1-3-6(7)9(13)10(14)15/h1-4,8-9H,5,13H2,(H,14,15). The summed E-state index contributed by atoms with van der Waals surface area (Å²) in [5, 5.41) is 8.75. The molecular formula is C10H11F2NO2S. The quantitative estimate of drug-likeness (QED) is 0.782. The summed E-state index contributed by atoms with van der Waals surface area (Å²) in [5.74, 6) is -1.55. The molecule has 0 amide bonds. The fourth-order valence-electron chi connectivity index (χ4n) is 1.15. The van der Waals surface area contributed by atoms with Gasteiger partial charge in [0.05, 0.1) is 5.75 Å². The fourth-order valence-corrected chi connectivity index (χ4v) is 2.00. The summed E-state index contributed by atoms with van der Waals surface area (Å²) in [4.78, 5) is 11.2. The molecule has 0 aliphatic carbocycles. The summed E-state index contributed by atoms with van der Waals surface area (Å²) in [7, 11) is 0. The zero-order valence-electron chi connectivity index (χ0n) is 8.27. The third kappa shape index (κ3) is 3.46. The van der Waals surface area contributed by atoms with Gasteiger partial charge in [-0.2, -0.15) is 0 Å². The van der Waals surface area contributed by atoms with Crippen molar-refractivity contribution in [3.63, 3.8) is 0 Å². The zero-order valence-corrected chi connectivity index (χ0v) is 9.08. The number of carboxylic acids is 1. The maximum atomic E-state index is 12.0. The molecule has 0 fully saturated rings. The van der Waals surface area contributed by atoms with Crippen LogP contribution in [0.15, 0.2) is 29.2 Å². The summed E-state index contributed by atoms with van der Waals surface area (Å²) in [5.41, 5.74) is 5.81. The summed E-state index contributed by atoms with van der Waals surface area (Å²) in [6, 6.07) is 5.23. The van der Waals surface area contributed by atoms with Gasteiger partial charge in [-0.1, -0.05) is 18.2 Å². The molecule has 6 heteroatoms. The highest BCUT2D eigenvalue weighted by Gasteiger charge is 2.18. The maximum absolute atomic E-state index is 12.0. The second kappa shape index (κ2) is 5.81. The molecule has 3 N–H and O–H groups in total. The lowest BCUT2D eigenvalue weighted by molar-refractivity contribution is -0.138. The van der Waals surface area contributed by atoms with Gasteiger partial charge in [0.2, 0.25) is 6.43 Å². The normalized spacial score (nSPS) is 12.8. The first-order valence-electron chi connectivity index (χ1n) is 4.50.